The molecule has 0 amide bonds. The second-order valence-electron chi connectivity index (χ2n) is 7.21. The maximum atomic E-state index is 10.4. The molecule has 0 radical (unpaired) electrons. The molecule has 6 nitrogen and oxygen atoms in total. The summed E-state index contributed by atoms with van der Waals surface area (Å²) in [6.45, 7) is 2.50. The van der Waals surface area contributed by atoms with Gasteiger partial charge in [0.25, 0.3) is 0 Å². The van der Waals surface area contributed by atoms with E-state index in [0.717, 1.165) is 22.7 Å². The smallest absolute Gasteiger partial charge is 0.196 e. The summed E-state index contributed by atoms with van der Waals surface area (Å²) in [7, 11) is 0. The van der Waals surface area contributed by atoms with Crippen LogP contribution in [0.1, 0.15) is 11.4 Å². The monoisotopic (exact) mass is 447 g/mol. The van der Waals surface area contributed by atoms with Gasteiger partial charge in [0.2, 0.25) is 0 Å². The van der Waals surface area contributed by atoms with Crippen LogP contribution >= 0.6 is 11.8 Å². The number of rotatable bonds is 10. The van der Waals surface area contributed by atoms with E-state index in [1.165, 1.54) is 11.8 Å². The lowest BCUT2D eigenvalue weighted by Gasteiger charge is -2.14. The summed E-state index contributed by atoms with van der Waals surface area (Å²) in [6, 6.07) is 27.3. The Morgan fingerprint density at radius 1 is 0.875 bits per heavy atom. The molecule has 4 rings (SSSR count). The Kier molecular flexibility index (Phi) is 7.42. The molecule has 0 spiro atoms. The van der Waals surface area contributed by atoms with Crippen LogP contribution in [0.4, 0.5) is 0 Å². The molecule has 0 saturated carbocycles. The number of hydrogen-bond donors (Lipinski definition) is 1. The Hall–Kier alpha value is -3.29. The van der Waals surface area contributed by atoms with Crippen molar-refractivity contribution in [1.82, 2.24) is 14.8 Å². The van der Waals surface area contributed by atoms with Crippen LogP contribution in [0.2, 0.25) is 0 Å². The summed E-state index contributed by atoms with van der Waals surface area (Å²) in [5.41, 5.74) is 2.01. The third-order valence-corrected chi connectivity index (χ3v) is 5.83. The van der Waals surface area contributed by atoms with Crippen LogP contribution in [0.3, 0.4) is 0 Å². The fourth-order valence-corrected chi connectivity index (χ4v) is 3.99. The molecular formula is C25H25N3O3S. The highest BCUT2D eigenvalue weighted by atomic mass is 32.2. The predicted octanol–water partition coefficient (Wildman–Crippen LogP) is 4.69. The van der Waals surface area contributed by atoms with Crippen LogP contribution in [0.5, 0.6) is 11.5 Å². The van der Waals surface area contributed by atoms with E-state index in [1.54, 1.807) is 0 Å². The van der Waals surface area contributed by atoms with Gasteiger partial charge in [0, 0.05) is 11.4 Å². The maximum Gasteiger partial charge on any atom is 0.196 e. The van der Waals surface area contributed by atoms with Gasteiger partial charge in [-0.2, -0.15) is 0 Å². The highest BCUT2D eigenvalue weighted by Crippen LogP contribution is 2.24. The molecule has 32 heavy (non-hydrogen) atoms. The second kappa shape index (κ2) is 10.8. The Balaban J connectivity index is 1.45. The molecule has 0 unspecified atom stereocenters. The summed E-state index contributed by atoms with van der Waals surface area (Å²) in [6.07, 6.45) is -0.646. The molecule has 0 fully saturated rings. The fraction of sp³-hybridized carbons (Fsp3) is 0.200. The molecule has 4 aromatic rings. The number of hydrogen-bond acceptors (Lipinski definition) is 6. The maximum absolute atomic E-state index is 10.4. The molecular weight excluding hydrogens is 422 g/mol. The topological polar surface area (TPSA) is 69.4 Å². The second-order valence-corrected chi connectivity index (χ2v) is 8.20. The summed E-state index contributed by atoms with van der Waals surface area (Å²) in [5.74, 6) is 2.67. The van der Waals surface area contributed by atoms with Crippen molar-refractivity contribution in [2.24, 2.45) is 0 Å². The quantitative estimate of drug-likeness (QED) is 0.356. The molecule has 3 aromatic carbocycles. The van der Waals surface area contributed by atoms with Crippen LogP contribution in [-0.4, -0.2) is 38.3 Å². The van der Waals surface area contributed by atoms with E-state index < -0.39 is 6.10 Å². The molecule has 7 heteroatoms. The van der Waals surface area contributed by atoms with Crippen LogP contribution in [0.25, 0.3) is 5.69 Å². The van der Waals surface area contributed by atoms with Crippen molar-refractivity contribution >= 4 is 11.8 Å². The lowest BCUT2D eigenvalue weighted by molar-refractivity contribution is 0.126. The first-order valence-electron chi connectivity index (χ1n) is 10.4. The van der Waals surface area contributed by atoms with Crippen molar-refractivity contribution in [3.8, 4) is 17.2 Å². The Morgan fingerprint density at radius 3 is 2.31 bits per heavy atom. The Labute approximate surface area is 191 Å². The van der Waals surface area contributed by atoms with E-state index in [0.29, 0.717) is 16.7 Å². The summed E-state index contributed by atoms with van der Waals surface area (Å²) in [4.78, 5) is 0. The van der Waals surface area contributed by atoms with Crippen LogP contribution in [-0.2, 0) is 6.61 Å². The third-order valence-electron chi connectivity index (χ3n) is 4.76. The van der Waals surface area contributed by atoms with Gasteiger partial charge < -0.3 is 14.6 Å². The van der Waals surface area contributed by atoms with Gasteiger partial charge in [-0.15, -0.1) is 10.2 Å². The van der Waals surface area contributed by atoms with Gasteiger partial charge >= 0.3 is 0 Å². The Morgan fingerprint density at radius 2 is 1.56 bits per heavy atom. The average molecular weight is 448 g/mol. The first kappa shape index (κ1) is 21.9. The Bertz CT molecular complexity index is 1120. The van der Waals surface area contributed by atoms with E-state index in [-0.39, 0.29) is 13.2 Å². The number of thioether (sulfide) groups is 1. The number of nitrogens with zero attached hydrogens (tertiary/aromatic N) is 3. The highest BCUT2D eigenvalue weighted by molar-refractivity contribution is 7.99. The number of aromatic nitrogens is 3. The van der Waals surface area contributed by atoms with Crippen molar-refractivity contribution < 1.29 is 14.6 Å². The third kappa shape index (κ3) is 5.69. The number of para-hydroxylation sites is 3. The molecule has 164 valence electrons. The first-order chi connectivity index (χ1) is 15.7. The van der Waals surface area contributed by atoms with Crippen LogP contribution < -0.4 is 9.47 Å². The van der Waals surface area contributed by atoms with Gasteiger partial charge in [0.15, 0.2) is 11.0 Å². The zero-order valence-corrected chi connectivity index (χ0v) is 18.6. The van der Waals surface area contributed by atoms with E-state index >= 15 is 0 Å². The molecule has 0 aliphatic heterocycles. The van der Waals surface area contributed by atoms with Crippen LogP contribution in [0.15, 0.2) is 90.1 Å². The molecule has 0 saturated heterocycles. The zero-order valence-electron chi connectivity index (χ0n) is 17.8. The molecule has 0 aliphatic rings. The standard InChI is InChI=1S/C25H25N3O3S/c1-19-10-8-9-15-23(19)31-17-24-26-27-25(28(24)20-11-4-2-5-12-20)32-18-21(29)16-30-22-13-6-3-7-14-22/h2-15,21,29H,16-18H2,1H3/t21-/m0/s1. The van der Waals surface area contributed by atoms with E-state index in [9.17, 15) is 5.11 Å². The van der Waals surface area contributed by atoms with Gasteiger partial charge in [-0.3, -0.25) is 4.57 Å². The number of ether oxygens (including phenoxy) is 2. The molecule has 0 aliphatic carbocycles. The lowest BCUT2D eigenvalue weighted by Crippen LogP contribution is -2.20. The lowest BCUT2D eigenvalue weighted by atomic mass is 10.2. The van der Waals surface area contributed by atoms with Crippen molar-refractivity contribution in [2.75, 3.05) is 12.4 Å². The van der Waals surface area contributed by atoms with E-state index in [1.807, 2.05) is 96.4 Å². The largest absolute Gasteiger partial charge is 0.491 e. The van der Waals surface area contributed by atoms with Crippen molar-refractivity contribution in [1.29, 1.82) is 0 Å². The van der Waals surface area contributed by atoms with E-state index in [4.69, 9.17) is 9.47 Å². The zero-order chi connectivity index (χ0) is 22.2. The molecule has 1 aromatic heterocycles. The highest BCUT2D eigenvalue weighted by Gasteiger charge is 2.17. The summed E-state index contributed by atoms with van der Waals surface area (Å²) >= 11 is 1.43. The average Bonchev–Trinajstić information content (AvgIpc) is 3.25. The minimum absolute atomic E-state index is 0.208. The van der Waals surface area contributed by atoms with Crippen LogP contribution in [0, 0.1) is 6.92 Å². The normalized spacial score (nSPS) is 11.8. The van der Waals surface area contributed by atoms with Gasteiger partial charge in [-0.1, -0.05) is 66.4 Å². The van der Waals surface area contributed by atoms with Gasteiger partial charge in [-0.05, 0) is 42.8 Å². The minimum Gasteiger partial charge on any atom is -0.491 e. The predicted molar refractivity (Wildman–Crippen MR) is 126 cm³/mol. The summed E-state index contributed by atoms with van der Waals surface area (Å²) in [5, 5.41) is 19.8. The number of aliphatic hydroxyl groups is 1. The van der Waals surface area contributed by atoms with Gasteiger partial charge in [0.05, 0.1) is 6.10 Å². The molecule has 1 N–H and O–H groups in total. The SMILES string of the molecule is Cc1ccccc1OCc1nnc(SC[C@@H](O)COc2ccccc2)n1-c1ccccc1. The number of benzene rings is 3. The first-order valence-corrected chi connectivity index (χ1v) is 11.4. The minimum atomic E-state index is -0.646. The van der Waals surface area contributed by atoms with Gasteiger partial charge in [0.1, 0.15) is 24.7 Å². The van der Waals surface area contributed by atoms with Crippen molar-refractivity contribution in [3.05, 3.63) is 96.3 Å². The number of aryl methyl sites for hydroxylation is 1. The van der Waals surface area contributed by atoms with Crippen molar-refractivity contribution in [3.63, 3.8) is 0 Å². The fourth-order valence-electron chi connectivity index (χ4n) is 3.11. The molecule has 1 heterocycles. The van der Waals surface area contributed by atoms with Gasteiger partial charge in [-0.25, -0.2) is 0 Å². The molecule has 1 atom stereocenters. The van der Waals surface area contributed by atoms with Crippen molar-refractivity contribution in [2.45, 2.75) is 24.8 Å². The number of aliphatic hydroxyl groups excluding tert-OH is 1. The van der Waals surface area contributed by atoms with E-state index in [2.05, 4.69) is 10.2 Å². The molecule has 0 bridgehead atoms. The summed E-state index contributed by atoms with van der Waals surface area (Å²) < 4.78 is 13.6.